The minimum absolute atomic E-state index is 0.00778. The molecule has 0 fully saturated rings. The van der Waals surface area contributed by atoms with Gasteiger partial charge >= 0.3 is 0 Å². The van der Waals surface area contributed by atoms with Crippen molar-refractivity contribution >= 4 is 17.3 Å². The number of nitrogens with zero attached hydrogens (tertiary/aromatic N) is 2. The lowest BCUT2D eigenvalue weighted by atomic mass is 10.1. The Morgan fingerprint density at radius 3 is 2.90 bits per heavy atom. The maximum atomic E-state index is 12.0. The predicted molar refractivity (Wildman–Crippen MR) is 72.4 cm³/mol. The fourth-order valence-corrected chi connectivity index (χ4v) is 1.69. The number of carbonyl (C=O) groups is 1. The van der Waals surface area contributed by atoms with E-state index in [4.69, 9.17) is 0 Å². The van der Waals surface area contributed by atoms with E-state index in [2.05, 4.69) is 20.6 Å². The lowest BCUT2D eigenvalue weighted by Gasteiger charge is -2.06. The summed E-state index contributed by atoms with van der Waals surface area (Å²) in [6, 6.07) is 4.28. The molecule has 1 amide bonds. The maximum Gasteiger partial charge on any atom is 0.282 e. The van der Waals surface area contributed by atoms with Gasteiger partial charge in [0.25, 0.3) is 11.6 Å². The summed E-state index contributed by atoms with van der Waals surface area (Å²) in [5, 5.41) is 16.4. The molecule has 1 heterocycles. The Morgan fingerprint density at radius 1 is 1.50 bits per heavy atom. The van der Waals surface area contributed by atoms with E-state index in [0.29, 0.717) is 11.5 Å². The molecule has 0 bridgehead atoms. The van der Waals surface area contributed by atoms with E-state index in [-0.39, 0.29) is 17.8 Å². The van der Waals surface area contributed by atoms with Crippen molar-refractivity contribution in [1.29, 1.82) is 0 Å². The van der Waals surface area contributed by atoms with Crippen LogP contribution < -0.4 is 10.6 Å². The molecule has 0 radical (unpaired) electrons. The van der Waals surface area contributed by atoms with Gasteiger partial charge in [0.2, 0.25) is 0 Å². The van der Waals surface area contributed by atoms with E-state index in [1.807, 2.05) is 0 Å². The van der Waals surface area contributed by atoms with Gasteiger partial charge in [0.1, 0.15) is 11.4 Å². The highest BCUT2D eigenvalue weighted by Crippen LogP contribution is 2.22. The van der Waals surface area contributed by atoms with Gasteiger partial charge in [-0.1, -0.05) is 0 Å². The second-order valence-electron chi connectivity index (χ2n) is 3.96. The lowest BCUT2D eigenvalue weighted by Crippen LogP contribution is -2.24. The molecule has 0 spiro atoms. The van der Waals surface area contributed by atoms with Crippen molar-refractivity contribution in [3.8, 4) is 0 Å². The molecule has 0 atom stereocenters. The minimum Gasteiger partial charge on any atom is -0.388 e. The van der Waals surface area contributed by atoms with Crippen molar-refractivity contribution < 1.29 is 9.72 Å². The van der Waals surface area contributed by atoms with E-state index in [1.54, 1.807) is 25.5 Å². The Labute approximate surface area is 114 Å². The second-order valence-corrected chi connectivity index (χ2v) is 3.96. The number of rotatable bonds is 5. The molecule has 2 aromatic rings. The molecule has 8 nitrogen and oxygen atoms in total. The number of imidazole rings is 1. The first kappa shape index (κ1) is 13.5. The first-order chi connectivity index (χ1) is 9.61. The van der Waals surface area contributed by atoms with Crippen LogP contribution in [0, 0.1) is 10.1 Å². The Hall–Kier alpha value is -2.90. The number of amides is 1. The Kier molecular flexibility index (Phi) is 3.94. The number of H-pyrrole nitrogens is 1. The molecular weight excluding hydrogens is 262 g/mol. The minimum atomic E-state index is -0.582. The van der Waals surface area contributed by atoms with Gasteiger partial charge in [-0.05, 0) is 12.1 Å². The normalized spacial score (nSPS) is 10.1. The van der Waals surface area contributed by atoms with Gasteiger partial charge in [0.15, 0.2) is 0 Å². The van der Waals surface area contributed by atoms with Gasteiger partial charge in [0.05, 0.1) is 11.5 Å². The van der Waals surface area contributed by atoms with Crippen molar-refractivity contribution in [2.45, 2.75) is 6.54 Å². The van der Waals surface area contributed by atoms with Crippen LogP contribution in [0.25, 0.3) is 0 Å². The van der Waals surface area contributed by atoms with E-state index in [9.17, 15) is 14.9 Å². The number of nitro groups is 1. The molecule has 1 aromatic heterocycles. The highest BCUT2D eigenvalue weighted by atomic mass is 16.6. The van der Waals surface area contributed by atoms with Gasteiger partial charge in [-0.25, -0.2) is 4.98 Å². The number of nitro benzene ring substituents is 1. The topological polar surface area (TPSA) is 113 Å². The zero-order valence-corrected chi connectivity index (χ0v) is 10.7. The number of anilines is 1. The highest BCUT2D eigenvalue weighted by Gasteiger charge is 2.20. The molecule has 20 heavy (non-hydrogen) atoms. The third kappa shape index (κ3) is 2.91. The standard InChI is InChI=1S/C12H13N5O3/c1-13-8-2-3-10(17(19)20)9(6-8)12(18)16-7-11-14-4-5-15-11/h2-6,13H,7H2,1H3,(H,14,15)(H,16,18). The maximum absolute atomic E-state index is 12.0. The number of carbonyl (C=O) groups excluding carboxylic acids is 1. The molecule has 8 heteroatoms. The van der Waals surface area contributed by atoms with Gasteiger partial charge in [0, 0.05) is 31.2 Å². The molecule has 0 aliphatic rings. The Balaban J connectivity index is 2.20. The zero-order chi connectivity index (χ0) is 14.5. The third-order valence-corrected chi connectivity index (χ3v) is 2.70. The van der Waals surface area contributed by atoms with Gasteiger partial charge < -0.3 is 15.6 Å². The molecule has 3 N–H and O–H groups in total. The SMILES string of the molecule is CNc1ccc([N+](=O)[O-])c(C(=O)NCc2ncc[nH]2)c1. The van der Waals surface area contributed by atoms with E-state index in [0.717, 1.165) is 0 Å². The van der Waals surface area contributed by atoms with Crippen molar-refractivity contribution in [1.82, 2.24) is 15.3 Å². The predicted octanol–water partition coefficient (Wildman–Crippen LogP) is 1.29. The molecule has 0 saturated heterocycles. The number of aromatic nitrogens is 2. The molecule has 0 aliphatic carbocycles. The van der Waals surface area contributed by atoms with Crippen LogP contribution in [0.2, 0.25) is 0 Å². The lowest BCUT2D eigenvalue weighted by molar-refractivity contribution is -0.385. The summed E-state index contributed by atoms with van der Waals surface area (Å²) in [5.41, 5.74) is 0.396. The van der Waals surface area contributed by atoms with E-state index in [1.165, 1.54) is 12.1 Å². The number of hydrogen-bond acceptors (Lipinski definition) is 5. The molecular formula is C12H13N5O3. The fraction of sp³-hybridized carbons (Fsp3) is 0.167. The average molecular weight is 275 g/mol. The number of hydrogen-bond donors (Lipinski definition) is 3. The summed E-state index contributed by atoms with van der Waals surface area (Å²) in [4.78, 5) is 29.2. The van der Waals surface area contributed by atoms with Crippen molar-refractivity contribution in [2.24, 2.45) is 0 Å². The van der Waals surface area contributed by atoms with Gasteiger partial charge in [-0.15, -0.1) is 0 Å². The Bertz CT molecular complexity index is 624. The third-order valence-electron chi connectivity index (χ3n) is 2.70. The summed E-state index contributed by atoms with van der Waals surface area (Å²) in [7, 11) is 1.67. The summed E-state index contributed by atoms with van der Waals surface area (Å²) < 4.78 is 0. The molecule has 0 saturated carbocycles. The molecule has 0 unspecified atom stereocenters. The van der Waals surface area contributed by atoms with Gasteiger partial charge in [-0.3, -0.25) is 14.9 Å². The summed E-state index contributed by atoms with van der Waals surface area (Å²) in [6.07, 6.45) is 3.19. The van der Waals surface area contributed by atoms with Crippen LogP contribution >= 0.6 is 0 Å². The van der Waals surface area contributed by atoms with Crippen LogP contribution in [0.15, 0.2) is 30.6 Å². The number of benzene rings is 1. The number of nitrogens with one attached hydrogen (secondary N) is 3. The van der Waals surface area contributed by atoms with Crippen LogP contribution in [0.4, 0.5) is 11.4 Å². The van der Waals surface area contributed by atoms with Crippen LogP contribution in [-0.2, 0) is 6.54 Å². The zero-order valence-electron chi connectivity index (χ0n) is 10.7. The van der Waals surface area contributed by atoms with Crippen LogP contribution in [0.5, 0.6) is 0 Å². The smallest absolute Gasteiger partial charge is 0.282 e. The van der Waals surface area contributed by atoms with Crippen LogP contribution in [0.1, 0.15) is 16.2 Å². The van der Waals surface area contributed by atoms with Crippen molar-refractivity contribution in [3.05, 3.63) is 52.1 Å². The average Bonchev–Trinajstić information content (AvgIpc) is 2.97. The molecule has 1 aromatic carbocycles. The first-order valence-electron chi connectivity index (χ1n) is 5.84. The van der Waals surface area contributed by atoms with Crippen LogP contribution in [0.3, 0.4) is 0 Å². The Morgan fingerprint density at radius 2 is 2.30 bits per heavy atom. The quantitative estimate of drug-likeness (QED) is 0.562. The molecule has 0 aliphatic heterocycles. The monoisotopic (exact) mass is 275 g/mol. The molecule has 104 valence electrons. The van der Waals surface area contributed by atoms with Gasteiger partial charge in [-0.2, -0.15) is 0 Å². The summed E-state index contributed by atoms with van der Waals surface area (Å²) in [5.74, 6) is 0.0518. The molecule has 2 rings (SSSR count). The first-order valence-corrected chi connectivity index (χ1v) is 5.84. The highest BCUT2D eigenvalue weighted by molar-refractivity contribution is 5.99. The number of aromatic amines is 1. The van der Waals surface area contributed by atoms with E-state index >= 15 is 0 Å². The summed E-state index contributed by atoms with van der Waals surface area (Å²) in [6.45, 7) is 0.173. The van der Waals surface area contributed by atoms with Crippen molar-refractivity contribution in [3.63, 3.8) is 0 Å². The van der Waals surface area contributed by atoms with Crippen LogP contribution in [-0.4, -0.2) is 27.8 Å². The fourth-order valence-electron chi connectivity index (χ4n) is 1.69. The van der Waals surface area contributed by atoms with E-state index < -0.39 is 10.8 Å². The summed E-state index contributed by atoms with van der Waals surface area (Å²) >= 11 is 0. The second kappa shape index (κ2) is 5.83. The largest absolute Gasteiger partial charge is 0.388 e. The van der Waals surface area contributed by atoms with Crippen molar-refractivity contribution in [2.75, 3.05) is 12.4 Å².